The van der Waals surface area contributed by atoms with E-state index in [0.717, 1.165) is 0 Å². The fraction of sp³-hybridized carbons (Fsp3) is 0.500. The summed E-state index contributed by atoms with van der Waals surface area (Å²) in [7, 11) is -4.74. The van der Waals surface area contributed by atoms with Crippen LogP contribution in [0.3, 0.4) is 0 Å². The second-order valence-electron chi connectivity index (χ2n) is 5.02. The summed E-state index contributed by atoms with van der Waals surface area (Å²) in [5, 5.41) is -1.33. The highest BCUT2D eigenvalue weighted by Crippen LogP contribution is 2.21. The van der Waals surface area contributed by atoms with Crippen LogP contribution in [0.1, 0.15) is 23.2 Å². The largest absolute Gasteiger partial charge is 0.337 e. The summed E-state index contributed by atoms with van der Waals surface area (Å²) >= 11 is 0. The van der Waals surface area contributed by atoms with Gasteiger partial charge >= 0.3 is 10.2 Å². The number of amides is 1. The molecule has 1 aromatic heterocycles. The van der Waals surface area contributed by atoms with Crippen molar-refractivity contribution in [2.24, 2.45) is 0 Å². The van der Waals surface area contributed by atoms with Crippen LogP contribution in [0.4, 0.5) is 3.89 Å². The van der Waals surface area contributed by atoms with Gasteiger partial charge in [0.15, 0.2) is 0 Å². The normalized spacial score (nSPS) is 19.6. The summed E-state index contributed by atoms with van der Waals surface area (Å²) in [6.45, 7) is 3.25. The first-order valence-corrected chi connectivity index (χ1v) is 7.54. The number of likely N-dealkylation sites (tertiary alicyclic amines) is 1. The molecule has 1 atom stereocenters. The van der Waals surface area contributed by atoms with Crippen molar-refractivity contribution in [1.82, 2.24) is 9.88 Å². The van der Waals surface area contributed by atoms with Crippen LogP contribution in [-0.4, -0.2) is 36.0 Å². The number of pyridine rings is 1. The molecule has 1 unspecified atom stereocenters. The number of rotatable bonds is 3. The minimum atomic E-state index is -4.74. The van der Waals surface area contributed by atoms with Gasteiger partial charge in [0.25, 0.3) is 5.56 Å². The smallest absolute Gasteiger partial charge is 0.307 e. The Morgan fingerprint density at radius 3 is 2.55 bits per heavy atom. The van der Waals surface area contributed by atoms with Gasteiger partial charge in [-0.05, 0) is 25.5 Å². The Bertz CT molecular complexity index is 711. The van der Waals surface area contributed by atoms with Crippen molar-refractivity contribution in [1.29, 1.82) is 0 Å². The summed E-state index contributed by atoms with van der Waals surface area (Å²) in [5.74, 6) is -0.462. The first-order valence-electron chi connectivity index (χ1n) is 6.09. The number of hydrogen-bond donors (Lipinski definition) is 1. The molecule has 110 valence electrons. The number of aryl methyl sites for hydroxylation is 2. The van der Waals surface area contributed by atoms with Crippen LogP contribution in [0.2, 0.25) is 0 Å². The highest BCUT2D eigenvalue weighted by molar-refractivity contribution is 7.87. The predicted octanol–water partition coefficient (Wildman–Crippen LogP) is 0.392. The molecule has 1 saturated heterocycles. The van der Waals surface area contributed by atoms with Crippen molar-refractivity contribution in [2.45, 2.75) is 32.1 Å². The molecule has 1 aliphatic heterocycles. The van der Waals surface area contributed by atoms with E-state index >= 15 is 0 Å². The van der Waals surface area contributed by atoms with Gasteiger partial charge in [-0.25, -0.2) is 0 Å². The van der Waals surface area contributed by atoms with Crippen molar-refractivity contribution in [3.63, 3.8) is 0 Å². The Morgan fingerprint density at radius 2 is 2.05 bits per heavy atom. The summed E-state index contributed by atoms with van der Waals surface area (Å²) < 4.78 is 34.6. The van der Waals surface area contributed by atoms with Crippen LogP contribution in [0, 0.1) is 13.8 Å². The number of nitrogens with one attached hydrogen (secondary N) is 1. The van der Waals surface area contributed by atoms with Crippen molar-refractivity contribution in [3.05, 3.63) is 33.2 Å². The van der Waals surface area contributed by atoms with E-state index in [0.29, 0.717) is 16.8 Å². The number of hydrogen-bond acceptors (Lipinski definition) is 4. The lowest BCUT2D eigenvalue weighted by molar-refractivity contribution is -0.128. The van der Waals surface area contributed by atoms with E-state index < -0.39 is 21.4 Å². The maximum absolute atomic E-state index is 12.9. The molecule has 1 aromatic rings. The molecular formula is C12H15FN2O4S. The topological polar surface area (TPSA) is 87.3 Å². The van der Waals surface area contributed by atoms with Crippen molar-refractivity contribution in [3.8, 4) is 0 Å². The molecule has 2 heterocycles. The average molecular weight is 302 g/mol. The molecule has 1 N–H and O–H groups in total. The lowest BCUT2D eigenvalue weighted by Gasteiger charge is -2.17. The number of halogens is 1. The van der Waals surface area contributed by atoms with Gasteiger partial charge < -0.3 is 9.88 Å². The minimum Gasteiger partial charge on any atom is -0.337 e. The summed E-state index contributed by atoms with van der Waals surface area (Å²) in [6, 6.07) is 1.76. The molecule has 1 amide bonds. The van der Waals surface area contributed by atoms with E-state index in [9.17, 15) is 21.9 Å². The van der Waals surface area contributed by atoms with Gasteiger partial charge in [-0.2, -0.15) is 8.42 Å². The first-order chi connectivity index (χ1) is 9.18. The van der Waals surface area contributed by atoms with Crippen LogP contribution in [0.5, 0.6) is 0 Å². The van der Waals surface area contributed by atoms with E-state index in [1.165, 1.54) is 4.90 Å². The molecule has 0 saturated carbocycles. The van der Waals surface area contributed by atoms with Gasteiger partial charge in [-0.15, -0.1) is 3.89 Å². The van der Waals surface area contributed by atoms with E-state index in [2.05, 4.69) is 4.98 Å². The summed E-state index contributed by atoms with van der Waals surface area (Å²) in [5.41, 5.74) is 1.49. The monoisotopic (exact) mass is 302 g/mol. The number of H-pyrrole nitrogens is 1. The Hall–Kier alpha value is -1.70. The van der Waals surface area contributed by atoms with Crippen LogP contribution in [0.25, 0.3) is 0 Å². The van der Waals surface area contributed by atoms with Crippen LogP contribution in [0.15, 0.2) is 10.9 Å². The van der Waals surface area contributed by atoms with E-state index in [-0.39, 0.29) is 25.1 Å². The summed E-state index contributed by atoms with van der Waals surface area (Å²) in [4.78, 5) is 27.4. The zero-order chi connectivity index (χ0) is 15.1. The average Bonchev–Trinajstić information content (AvgIpc) is 2.65. The first kappa shape index (κ1) is 14.7. The molecule has 2 rings (SSSR count). The van der Waals surface area contributed by atoms with Gasteiger partial charge in [-0.1, -0.05) is 0 Å². The molecule has 0 bridgehead atoms. The quantitative estimate of drug-likeness (QED) is 0.818. The third-order valence-electron chi connectivity index (χ3n) is 3.42. The van der Waals surface area contributed by atoms with Crippen LogP contribution >= 0.6 is 0 Å². The van der Waals surface area contributed by atoms with Gasteiger partial charge in [0.05, 0.1) is 6.54 Å². The molecule has 1 aliphatic rings. The molecule has 0 aromatic carbocycles. The van der Waals surface area contributed by atoms with Crippen LogP contribution in [-0.2, 0) is 21.6 Å². The fourth-order valence-electron chi connectivity index (χ4n) is 2.35. The Balaban J connectivity index is 2.24. The summed E-state index contributed by atoms with van der Waals surface area (Å²) in [6.07, 6.45) is -0.373. The molecule has 20 heavy (non-hydrogen) atoms. The fourth-order valence-corrected chi connectivity index (χ4v) is 3.05. The van der Waals surface area contributed by atoms with Gasteiger partial charge in [0.1, 0.15) is 5.25 Å². The SMILES string of the molecule is Cc1cc(C)c(CN2CC(S(=O)(=O)F)CC2=O)c(=O)[nH]1. The number of carbonyl (C=O) groups is 1. The van der Waals surface area contributed by atoms with Crippen LogP contribution < -0.4 is 5.56 Å². The maximum Gasteiger partial charge on any atom is 0.307 e. The number of nitrogens with zero attached hydrogens (tertiary/aromatic N) is 1. The van der Waals surface area contributed by atoms with Crippen molar-refractivity contribution >= 4 is 16.1 Å². The third kappa shape index (κ3) is 2.90. The third-order valence-corrected chi connectivity index (χ3v) is 4.53. The molecule has 0 spiro atoms. The zero-order valence-corrected chi connectivity index (χ0v) is 12.0. The second-order valence-corrected chi connectivity index (χ2v) is 6.64. The van der Waals surface area contributed by atoms with Crippen molar-refractivity contribution in [2.75, 3.05) is 6.54 Å². The molecular weight excluding hydrogens is 287 g/mol. The second kappa shape index (κ2) is 5.01. The van der Waals surface area contributed by atoms with Gasteiger partial charge in [0, 0.05) is 24.2 Å². The predicted molar refractivity (Wildman–Crippen MR) is 70.4 cm³/mol. The molecule has 0 aliphatic carbocycles. The van der Waals surface area contributed by atoms with Gasteiger partial charge in [-0.3, -0.25) is 9.59 Å². The van der Waals surface area contributed by atoms with Gasteiger partial charge in [0.2, 0.25) is 5.91 Å². The Labute approximate surface area is 115 Å². The van der Waals surface area contributed by atoms with E-state index in [4.69, 9.17) is 0 Å². The molecule has 6 nitrogen and oxygen atoms in total. The van der Waals surface area contributed by atoms with E-state index in [1.54, 1.807) is 19.9 Å². The lowest BCUT2D eigenvalue weighted by atomic mass is 10.1. The Kier molecular flexibility index (Phi) is 3.68. The maximum atomic E-state index is 12.9. The number of aromatic amines is 1. The lowest BCUT2D eigenvalue weighted by Crippen LogP contribution is -2.30. The molecule has 1 fully saturated rings. The highest BCUT2D eigenvalue weighted by atomic mass is 32.3. The van der Waals surface area contributed by atoms with E-state index in [1.807, 2.05) is 0 Å². The molecule has 8 heteroatoms. The molecule has 0 radical (unpaired) electrons. The zero-order valence-electron chi connectivity index (χ0n) is 11.1. The van der Waals surface area contributed by atoms with Crippen molar-refractivity contribution < 1.29 is 17.1 Å². The number of carbonyl (C=O) groups excluding carboxylic acids is 1. The Morgan fingerprint density at radius 1 is 1.40 bits per heavy atom. The standard InChI is InChI=1S/C12H15FN2O4S/c1-7-3-8(2)14-12(17)10(7)6-15-5-9(4-11(15)16)20(13,18)19/h3,9H,4-6H2,1-2H3,(H,14,17). The highest BCUT2D eigenvalue weighted by Gasteiger charge is 2.38. The minimum absolute atomic E-state index is 0.00764. The number of aromatic nitrogens is 1.